The second-order valence-electron chi connectivity index (χ2n) is 4.96. The van der Waals surface area contributed by atoms with Gasteiger partial charge in [-0.3, -0.25) is 14.4 Å². The van der Waals surface area contributed by atoms with Crippen molar-refractivity contribution in [3.8, 4) is 0 Å². The Morgan fingerprint density at radius 3 is 2.86 bits per heavy atom. The number of hydrogen-bond acceptors (Lipinski definition) is 4. The molecule has 3 N–H and O–H groups in total. The van der Waals surface area contributed by atoms with Crippen molar-refractivity contribution in [2.45, 2.75) is 39.7 Å². The first-order valence-corrected chi connectivity index (χ1v) is 7.65. The SMILES string of the molecule is CCCc1c(NC(C)C(=O)NO)nc2ccc(Br)c(C)n12. The maximum absolute atomic E-state index is 11.5. The number of carbonyl (C=O) groups excluding carboxylic acids is 1. The average Bonchev–Trinajstić information content (AvgIpc) is 2.81. The molecule has 7 heteroatoms. The number of nitrogens with one attached hydrogen (secondary N) is 2. The molecule has 0 saturated heterocycles. The van der Waals surface area contributed by atoms with Gasteiger partial charge in [-0.05, 0) is 48.3 Å². The Morgan fingerprint density at radius 2 is 2.24 bits per heavy atom. The minimum Gasteiger partial charge on any atom is -0.357 e. The molecular formula is C14H19BrN4O2. The van der Waals surface area contributed by atoms with Gasteiger partial charge in [-0.25, -0.2) is 10.5 Å². The number of nitrogens with zero attached hydrogens (tertiary/aromatic N) is 2. The molecule has 21 heavy (non-hydrogen) atoms. The lowest BCUT2D eigenvalue weighted by atomic mass is 10.2. The van der Waals surface area contributed by atoms with Crippen LogP contribution < -0.4 is 10.8 Å². The number of hydrogen-bond donors (Lipinski definition) is 3. The van der Waals surface area contributed by atoms with Gasteiger partial charge in [-0.2, -0.15) is 0 Å². The Morgan fingerprint density at radius 1 is 1.52 bits per heavy atom. The molecule has 114 valence electrons. The highest BCUT2D eigenvalue weighted by Crippen LogP contribution is 2.25. The maximum atomic E-state index is 11.5. The van der Waals surface area contributed by atoms with Crippen molar-refractivity contribution >= 4 is 33.3 Å². The highest BCUT2D eigenvalue weighted by atomic mass is 79.9. The predicted molar refractivity (Wildman–Crippen MR) is 84.6 cm³/mol. The zero-order valence-corrected chi connectivity index (χ0v) is 13.9. The van der Waals surface area contributed by atoms with Crippen LogP contribution in [-0.4, -0.2) is 26.5 Å². The first-order chi connectivity index (χ1) is 9.99. The molecule has 2 aromatic rings. The number of aryl methyl sites for hydroxylation is 2. The molecule has 0 aromatic carbocycles. The van der Waals surface area contributed by atoms with Crippen LogP contribution in [0.25, 0.3) is 5.65 Å². The predicted octanol–water partition coefficient (Wildman–Crippen LogP) is 2.66. The standard InChI is InChI=1S/C14H19BrN4O2/c1-4-5-11-13(16-8(2)14(20)18-21)17-12-7-6-10(15)9(3)19(11)12/h6-8,16,21H,4-5H2,1-3H3,(H,18,20). The molecule has 6 nitrogen and oxygen atoms in total. The summed E-state index contributed by atoms with van der Waals surface area (Å²) in [6.07, 6.45) is 1.81. The summed E-state index contributed by atoms with van der Waals surface area (Å²) < 4.78 is 3.09. The Hall–Kier alpha value is -1.60. The Kier molecular flexibility index (Phi) is 4.84. The zero-order chi connectivity index (χ0) is 15.6. The fourth-order valence-electron chi connectivity index (χ4n) is 2.28. The number of imidazole rings is 1. The third-order valence-electron chi connectivity index (χ3n) is 3.40. The molecular weight excluding hydrogens is 336 g/mol. The number of anilines is 1. The van der Waals surface area contributed by atoms with Gasteiger partial charge in [0, 0.05) is 10.2 Å². The summed E-state index contributed by atoms with van der Waals surface area (Å²) in [6, 6.07) is 3.32. The third kappa shape index (κ3) is 3.03. The van der Waals surface area contributed by atoms with Gasteiger partial charge in [-0.1, -0.05) is 13.3 Å². The molecule has 0 radical (unpaired) electrons. The molecule has 0 fully saturated rings. The normalized spacial score (nSPS) is 12.4. The molecule has 1 amide bonds. The minimum absolute atomic E-state index is 0.493. The maximum Gasteiger partial charge on any atom is 0.265 e. The summed E-state index contributed by atoms with van der Waals surface area (Å²) in [5, 5.41) is 11.8. The van der Waals surface area contributed by atoms with Crippen LogP contribution in [0.4, 0.5) is 5.82 Å². The Balaban J connectivity index is 2.50. The molecule has 2 heterocycles. The molecule has 2 aromatic heterocycles. The summed E-state index contributed by atoms with van der Waals surface area (Å²) >= 11 is 3.53. The van der Waals surface area contributed by atoms with Crippen LogP contribution in [-0.2, 0) is 11.2 Å². The lowest BCUT2D eigenvalue weighted by Gasteiger charge is -2.13. The van der Waals surface area contributed by atoms with Crippen molar-refractivity contribution < 1.29 is 10.0 Å². The summed E-state index contributed by atoms with van der Waals surface area (Å²) in [5.41, 5.74) is 4.58. The summed E-state index contributed by atoms with van der Waals surface area (Å²) in [4.78, 5) is 16.0. The molecule has 1 atom stereocenters. The number of amides is 1. The van der Waals surface area contributed by atoms with Gasteiger partial charge in [0.2, 0.25) is 0 Å². The minimum atomic E-state index is -0.570. The second-order valence-corrected chi connectivity index (χ2v) is 5.81. The van der Waals surface area contributed by atoms with E-state index in [9.17, 15) is 4.79 Å². The topological polar surface area (TPSA) is 78.7 Å². The van der Waals surface area contributed by atoms with Gasteiger partial charge < -0.3 is 5.32 Å². The van der Waals surface area contributed by atoms with Crippen molar-refractivity contribution in [2.75, 3.05) is 5.32 Å². The van der Waals surface area contributed by atoms with Gasteiger partial charge in [0.15, 0.2) is 0 Å². The molecule has 0 bridgehead atoms. The van der Waals surface area contributed by atoms with E-state index in [1.807, 2.05) is 19.1 Å². The highest BCUT2D eigenvalue weighted by molar-refractivity contribution is 9.10. The smallest absolute Gasteiger partial charge is 0.265 e. The van der Waals surface area contributed by atoms with E-state index in [-0.39, 0.29) is 0 Å². The van der Waals surface area contributed by atoms with Crippen molar-refractivity contribution in [1.82, 2.24) is 14.9 Å². The van der Waals surface area contributed by atoms with Crippen molar-refractivity contribution in [2.24, 2.45) is 0 Å². The Bertz CT molecular complexity index is 669. The van der Waals surface area contributed by atoms with Crippen molar-refractivity contribution in [3.05, 3.63) is 28.0 Å². The fraction of sp³-hybridized carbons (Fsp3) is 0.429. The molecule has 0 saturated carbocycles. The number of fused-ring (bicyclic) bond motifs is 1. The van der Waals surface area contributed by atoms with E-state index in [2.05, 4.69) is 37.6 Å². The van der Waals surface area contributed by atoms with Gasteiger partial charge in [0.05, 0.1) is 5.69 Å². The molecule has 2 rings (SSSR count). The van der Waals surface area contributed by atoms with E-state index in [1.165, 1.54) is 0 Å². The van der Waals surface area contributed by atoms with E-state index in [0.29, 0.717) is 5.82 Å². The van der Waals surface area contributed by atoms with E-state index >= 15 is 0 Å². The van der Waals surface area contributed by atoms with E-state index in [4.69, 9.17) is 5.21 Å². The number of aromatic nitrogens is 2. The lowest BCUT2D eigenvalue weighted by molar-refractivity contribution is -0.129. The first-order valence-electron chi connectivity index (χ1n) is 6.86. The monoisotopic (exact) mass is 354 g/mol. The van der Waals surface area contributed by atoms with E-state index < -0.39 is 11.9 Å². The number of carbonyl (C=O) groups is 1. The summed E-state index contributed by atoms with van der Waals surface area (Å²) in [7, 11) is 0. The lowest BCUT2D eigenvalue weighted by Crippen LogP contribution is -2.35. The van der Waals surface area contributed by atoms with Gasteiger partial charge >= 0.3 is 0 Å². The highest BCUT2D eigenvalue weighted by Gasteiger charge is 2.18. The largest absolute Gasteiger partial charge is 0.357 e. The number of pyridine rings is 1. The van der Waals surface area contributed by atoms with Crippen LogP contribution >= 0.6 is 15.9 Å². The van der Waals surface area contributed by atoms with Crippen LogP contribution in [0, 0.1) is 6.92 Å². The molecule has 0 aliphatic heterocycles. The number of halogens is 1. The average molecular weight is 355 g/mol. The Labute approximate surface area is 131 Å². The summed E-state index contributed by atoms with van der Waals surface area (Å²) in [6.45, 7) is 5.79. The van der Waals surface area contributed by atoms with Crippen LogP contribution in [0.15, 0.2) is 16.6 Å². The van der Waals surface area contributed by atoms with E-state index in [1.54, 1.807) is 12.4 Å². The quantitative estimate of drug-likeness (QED) is 0.569. The van der Waals surface area contributed by atoms with Crippen LogP contribution in [0.3, 0.4) is 0 Å². The van der Waals surface area contributed by atoms with Gasteiger partial charge in [0.25, 0.3) is 5.91 Å². The molecule has 0 aliphatic rings. The number of rotatable bonds is 5. The van der Waals surface area contributed by atoms with Crippen molar-refractivity contribution in [3.63, 3.8) is 0 Å². The van der Waals surface area contributed by atoms with Crippen LogP contribution in [0.2, 0.25) is 0 Å². The molecule has 0 aliphatic carbocycles. The number of hydroxylamine groups is 1. The molecule has 0 spiro atoms. The molecule has 1 unspecified atom stereocenters. The van der Waals surface area contributed by atoms with Crippen LogP contribution in [0.5, 0.6) is 0 Å². The first kappa shape index (κ1) is 15.8. The van der Waals surface area contributed by atoms with E-state index in [0.717, 1.165) is 34.3 Å². The van der Waals surface area contributed by atoms with Crippen molar-refractivity contribution in [1.29, 1.82) is 0 Å². The fourth-order valence-corrected chi connectivity index (χ4v) is 2.59. The zero-order valence-electron chi connectivity index (χ0n) is 12.3. The summed E-state index contributed by atoms with van der Waals surface area (Å²) in [5.74, 6) is 0.182. The van der Waals surface area contributed by atoms with Gasteiger partial charge in [0.1, 0.15) is 17.5 Å². The van der Waals surface area contributed by atoms with Gasteiger partial charge in [-0.15, -0.1) is 0 Å². The second kappa shape index (κ2) is 6.44. The third-order valence-corrected chi connectivity index (χ3v) is 4.24. The van der Waals surface area contributed by atoms with Crippen LogP contribution in [0.1, 0.15) is 31.7 Å².